The van der Waals surface area contributed by atoms with Crippen LogP contribution in [0.2, 0.25) is 0 Å². The Hall–Kier alpha value is -2.34. The number of aryl methyl sites for hydroxylation is 1. The molecular weight excluding hydrogens is 358 g/mol. The van der Waals surface area contributed by atoms with Gasteiger partial charge in [0, 0.05) is 49.1 Å². The molecule has 1 fully saturated rings. The van der Waals surface area contributed by atoms with Crippen LogP contribution >= 0.6 is 11.8 Å². The topological polar surface area (TPSA) is 44.8 Å². The second-order valence-electron chi connectivity index (χ2n) is 6.57. The van der Waals surface area contributed by atoms with E-state index in [4.69, 9.17) is 4.74 Å². The first-order valence-corrected chi connectivity index (χ1v) is 10.3. The molecule has 2 aromatic carbocycles. The standard InChI is InChI=1S/C21H27N3O2S/c1-17-3-9-20(10-4-17)27-16-11-22-21(25)24-14-12-23(13-15-24)18-5-7-19(26-2)8-6-18/h3-10H,11-16H2,1-2H3,(H,22,25). The minimum absolute atomic E-state index is 0.0360. The largest absolute Gasteiger partial charge is 0.497 e. The molecule has 0 radical (unpaired) electrons. The summed E-state index contributed by atoms with van der Waals surface area (Å²) in [6.07, 6.45) is 0. The molecule has 1 saturated heterocycles. The first-order valence-electron chi connectivity index (χ1n) is 9.27. The van der Waals surface area contributed by atoms with Crippen LogP contribution in [0.4, 0.5) is 10.5 Å². The first-order chi connectivity index (χ1) is 13.2. The molecule has 5 nitrogen and oxygen atoms in total. The monoisotopic (exact) mass is 385 g/mol. The van der Waals surface area contributed by atoms with E-state index in [1.165, 1.54) is 16.1 Å². The normalized spacial score (nSPS) is 14.1. The molecule has 1 heterocycles. The Morgan fingerprint density at radius 2 is 1.70 bits per heavy atom. The smallest absolute Gasteiger partial charge is 0.317 e. The third-order valence-corrected chi connectivity index (χ3v) is 5.69. The summed E-state index contributed by atoms with van der Waals surface area (Å²) >= 11 is 1.77. The lowest BCUT2D eigenvalue weighted by Gasteiger charge is -2.36. The van der Waals surface area contributed by atoms with Crippen LogP contribution in [0.1, 0.15) is 5.56 Å². The first kappa shape index (κ1) is 19.4. The Bertz CT molecular complexity index is 726. The summed E-state index contributed by atoms with van der Waals surface area (Å²) in [6, 6.07) is 16.6. The molecule has 0 unspecified atom stereocenters. The van der Waals surface area contributed by atoms with Crippen molar-refractivity contribution in [3.8, 4) is 5.75 Å². The van der Waals surface area contributed by atoms with E-state index in [9.17, 15) is 4.79 Å². The summed E-state index contributed by atoms with van der Waals surface area (Å²) in [5.74, 6) is 1.74. The number of hydrogen-bond acceptors (Lipinski definition) is 4. The van der Waals surface area contributed by atoms with Crippen molar-refractivity contribution in [3.63, 3.8) is 0 Å². The van der Waals surface area contributed by atoms with E-state index in [0.29, 0.717) is 6.54 Å². The average Bonchev–Trinajstić information content (AvgIpc) is 2.72. The Labute approximate surface area is 165 Å². The van der Waals surface area contributed by atoms with Crippen molar-refractivity contribution in [2.24, 2.45) is 0 Å². The van der Waals surface area contributed by atoms with Gasteiger partial charge >= 0.3 is 6.03 Å². The van der Waals surface area contributed by atoms with E-state index < -0.39 is 0 Å². The molecule has 0 spiro atoms. The number of carbonyl (C=O) groups excluding carboxylic acids is 1. The van der Waals surface area contributed by atoms with Gasteiger partial charge in [0.05, 0.1) is 7.11 Å². The molecular formula is C21H27N3O2S. The fraction of sp³-hybridized carbons (Fsp3) is 0.381. The Morgan fingerprint density at radius 1 is 1.04 bits per heavy atom. The number of methoxy groups -OCH3 is 1. The van der Waals surface area contributed by atoms with E-state index in [1.807, 2.05) is 17.0 Å². The van der Waals surface area contributed by atoms with Crippen molar-refractivity contribution in [2.45, 2.75) is 11.8 Å². The predicted molar refractivity (Wildman–Crippen MR) is 112 cm³/mol. The molecule has 2 amide bonds. The molecule has 27 heavy (non-hydrogen) atoms. The van der Waals surface area contributed by atoms with E-state index in [-0.39, 0.29) is 6.03 Å². The maximum absolute atomic E-state index is 12.4. The highest BCUT2D eigenvalue weighted by Crippen LogP contribution is 2.20. The van der Waals surface area contributed by atoms with Crippen LogP contribution in [0.3, 0.4) is 0 Å². The zero-order valence-electron chi connectivity index (χ0n) is 16.0. The number of nitrogens with one attached hydrogen (secondary N) is 1. The molecule has 3 rings (SSSR count). The highest BCUT2D eigenvalue weighted by Gasteiger charge is 2.20. The van der Waals surface area contributed by atoms with Crippen molar-refractivity contribution >= 4 is 23.5 Å². The average molecular weight is 386 g/mol. The SMILES string of the molecule is COc1ccc(N2CCN(C(=O)NCCSc3ccc(C)cc3)CC2)cc1. The zero-order valence-corrected chi connectivity index (χ0v) is 16.8. The number of thioether (sulfide) groups is 1. The lowest BCUT2D eigenvalue weighted by molar-refractivity contribution is 0.195. The van der Waals surface area contributed by atoms with Gasteiger partial charge in [-0.15, -0.1) is 11.8 Å². The van der Waals surface area contributed by atoms with E-state index >= 15 is 0 Å². The van der Waals surface area contributed by atoms with Gasteiger partial charge in [-0.25, -0.2) is 4.79 Å². The van der Waals surface area contributed by atoms with Gasteiger partial charge in [-0.2, -0.15) is 0 Å². The van der Waals surface area contributed by atoms with Crippen molar-refractivity contribution < 1.29 is 9.53 Å². The Kier molecular flexibility index (Phi) is 6.87. The lowest BCUT2D eigenvalue weighted by atomic mass is 10.2. The minimum atomic E-state index is 0.0360. The number of urea groups is 1. The van der Waals surface area contributed by atoms with Crippen molar-refractivity contribution in [1.82, 2.24) is 10.2 Å². The van der Waals surface area contributed by atoms with E-state index in [1.54, 1.807) is 18.9 Å². The molecule has 144 valence electrons. The van der Waals surface area contributed by atoms with Crippen LogP contribution in [0, 0.1) is 6.92 Å². The fourth-order valence-electron chi connectivity index (χ4n) is 3.03. The van der Waals surface area contributed by atoms with Gasteiger partial charge in [0.25, 0.3) is 0 Å². The third kappa shape index (κ3) is 5.57. The number of ether oxygens (including phenoxy) is 1. The molecule has 1 N–H and O–H groups in total. The van der Waals surface area contributed by atoms with Gasteiger partial charge in [-0.05, 0) is 43.3 Å². The van der Waals surface area contributed by atoms with Crippen molar-refractivity contribution in [2.75, 3.05) is 50.5 Å². The van der Waals surface area contributed by atoms with Crippen molar-refractivity contribution in [3.05, 3.63) is 54.1 Å². The zero-order chi connectivity index (χ0) is 19.1. The molecule has 0 bridgehead atoms. The van der Waals surface area contributed by atoms with Gasteiger partial charge in [0.1, 0.15) is 5.75 Å². The summed E-state index contributed by atoms with van der Waals surface area (Å²) in [5, 5.41) is 3.03. The van der Waals surface area contributed by atoms with Gasteiger partial charge < -0.3 is 19.9 Å². The molecule has 0 aliphatic carbocycles. The second-order valence-corrected chi connectivity index (χ2v) is 7.73. The lowest BCUT2D eigenvalue weighted by Crippen LogP contribution is -2.52. The molecule has 1 aliphatic rings. The summed E-state index contributed by atoms with van der Waals surface area (Å²) in [4.78, 5) is 17.8. The fourth-order valence-corrected chi connectivity index (χ4v) is 3.80. The maximum Gasteiger partial charge on any atom is 0.317 e. The highest BCUT2D eigenvalue weighted by molar-refractivity contribution is 7.99. The third-order valence-electron chi connectivity index (χ3n) is 4.67. The highest BCUT2D eigenvalue weighted by atomic mass is 32.2. The van der Waals surface area contributed by atoms with Crippen LogP contribution in [0.5, 0.6) is 5.75 Å². The Morgan fingerprint density at radius 3 is 2.33 bits per heavy atom. The van der Waals surface area contributed by atoms with Gasteiger partial charge in [-0.1, -0.05) is 17.7 Å². The van der Waals surface area contributed by atoms with Crippen LogP contribution in [-0.4, -0.2) is 56.5 Å². The second kappa shape index (κ2) is 9.55. The van der Waals surface area contributed by atoms with Gasteiger partial charge in [0.2, 0.25) is 0 Å². The number of hydrogen-bond donors (Lipinski definition) is 1. The molecule has 6 heteroatoms. The Balaban J connectivity index is 1.37. The van der Waals surface area contributed by atoms with Crippen LogP contribution in [0.25, 0.3) is 0 Å². The summed E-state index contributed by atoms with van der Waals surface area (Å²) in [6.45, 7) is 5.93. The van der Waals surface area contributed by atoms with Crippen LogP contribution in [0.15, 0.2) is 53.4 Å². The van der Waals surface area contributed by atoms with E-state index in [2.05, 4.69) is 53.5 Å². The number of nitrogens with zero attached hydrogens (tertiary/aromatic N) is 2. The number of rotatable bonds is 6. The molecule has 0 atom stereocenters. The molecule has 0 aromatic heterocycles. The number of benzene rings is 2. The number of amides is 2. The summed E-state index contributed by atoms with van der Waals surface area (Å²) < 4.78 is 5.20. The number of carbonyl (C=O) groups is 1. The van der Waals surface area contributed by atoms with E-state index in [0.717, 1.165) is 37.7 Å². The summed E-state index contributed by atoms with van der Waals surface area (Å²) in [5.41, 5.74) is 2.44. The molecule has 0 saturated carbocycles. The van der Waals surface area contributed by atoms with Gasteiger partial charge in [0.15, 0.2) is 0 Å². The van der Waals surface area contributed by atoms with Crippen molar-refractivity contribution in [1.29, 1.82) is 0 Å². The summed E-state index contributed by atoms with van der Waals surface area (Å²) in [7, 11) is 1.67. The van der Waals surface area contributed by atoms with Crippen LogP contribution < -0.4 is 15.0 Å². The molecule has 1 aliphatic heterocycles. The van der Waals surface area contributed by atoms with Crippen LogP contribution in [-0.2, 0) is 0 Å². The quantitative estimate of drug-likeness (QED) is 0.609. The predicted octanol–water partition coefficient (Wildman–Crippen LogP) is 3.63. The number of piperazine rings is 1. The minimum Gasteiger partial charge on any atom is -0.497 e. The maximum atomic E-state index is 12.4. The van der Waals surface area contributed by atoms with Gasteiger partial charge in [-0.3, -0.25) is 0 Å². The molecule has 2 aromatic rings. The number of anilines is 1.